The number of carbonyl (C=O) groups excluding carboxylic acids is 2. The van der Waals surface area contributed by atoms with Crippen LogP contribution in [0.3, 0.4) is 0 Å². The van der Waals surface area contributed by atoms with Crippen molar-refractivity contribution in [2.45, 2.75) is 12.2 Å². The number of carbonyl (C=O) groups is 2. The highest BCUT2D eigenvalue weighted by atomic mass is 32.2. The van der Waals surface area contributed by atoms with Crippen LogP contribution in [0.2, 0.25) is 0 Å². The molecule has 5 rings (SSSR count). The van der Waals surface area contributed by atoms with Crippen LogP contribution < -0.4 is 10.6 Å². The van der Waals surface area contributed by atoms with Crippen molar-refractivity contribution in [1.29, 1.82) is 0 Å². The lowest BCUT2D eigenvalue weighted by Gasteiger charge is -2.23. The van der Waals surface area contributed by atoms with Gasteiger partial charge < -0.3 is 5.73 Å². The maximum Gasteiger partial charge on any atom is 0.238 e. The summed E-state index contributed by atoms with van der Waals surface area (Å²) in [5, 5.41) is 6.39. The van der Waals surface area contributed by atoms with Crippen molar-refractivity contribution in [2.75, 3.05) is 17.2 Å². The summed E-state index contributed by atoms with van der Waals surface area (Å²) in [5.41, 5.74) is 9.07. The number of anilines is 1. The SMILES string of the molecule is Cc1ccccc1-n1nc(-c2cccs2)c2c1N(CC(N)=O)C(=O)CS[C@H]2c1ccccc1F. The smallest absolute Gasteiger partial charge is 0.238 e. The van der Waals surface area contributed by atoms with Crippen LogP contribution >= 0.6 is 23.1 Å². The van der Waals surface area contributed by atoms with E-state index in [0.29, 0.717) is 22.6 Å². The predicted molar refractivity (Wildman–Crippen MR) is 134 cm³/mol. The van der Waals surface area contributed by atoms with Gasteiger partial charge in [0.2, 0.25) is 11.8 Å². The molecule has 1 aliphatic rings. The van der Waals surface area contributed by atoms with E-state index < -0.39 is 11.2 Å². The minimum atomic E-state index is -0.635. The number of rotatable bonds is 5. The molecule has 34 heavy (non-hydrogen) atoms. The van der Waals surface area contributed by atoms with Crippen molar-refractivity contribution in [1.82, 2.24) is 9.78 Å². The van der Waals surface area contributed by atoms with E-state index in [9.17, 15) is 9.59 Å². The topological polar surface area (TPSA) is 81.2 Å². The molecule has 6 nitrogen and oxygen atoms in total. The maximum atomic E-state index is 15.1. The number of aryl methyl sites for hydroxylation is 1. The number of thiophene rings is 1. The molecule has 9 heteroatoms. The van der Waals surface area contributed by atoms with Crippen LogP contribution in [0.15, 0.2) is 66.0 Å². The van der Waals surface area contributed by atoms with Gasteiger partial charge in [-0.25, -0.2) is 9.07 Å². The Hall–Kier alpha value is -3.43. The van der Waals surface area contributed by atoms with Crippen molar-refractivity contribution in [3.63, 3.8) is 0 Å². The molecular weight excluding hydrogens is 471 g/mol. The number of primary amides is 1. The molecule has 2 amide bonds. The Kier molecular flexibility index (Phi) is 5.97. The molecule has 1 aliphatic heterocycles. The molecule has 0 unspecified atom stereocenters. The second-order valence-electron chi connectivity index (χ2n) is 7.92. The normalized spacial score (nSPS) is 15.8. The number of amides is 2. The largest absolute Gasteiger partial charge is 0.368 e. The van der Waals surface area contributed by atoms with Gasteiger partial charge in [-0.05, 0) is 36.1 Å². The van der Waals surface area contributed by atoms with Crippen LogP contribution in [0.5, 0.6) is 0 Å². The van der Waals surface area contributed by atoms with Gasteiger partial charge in [0, 0.05) is 11.1 Å². The summed E-state index contributed by atoms with van der Waals surface area (Å²) in [6, 6.07) is 18.1. The highest BCUT2D eigenvalue weighted by Crippen LogP contribution is 2.49. The molecule has 1 atom stereocenters. The van der Waals surface area contributed by atoms with Gasteiger partial charge in [-0.3, -0.25) is 14.5 Å². The molecule has 4 aromatic rings. The van der Waals surface area contributed by atoms with E-state index in [4.69, 9.17) is 10.8 Å². The van der Waals surface area contributed by atoms with Crippen molar-refractivity contribution in [2.24, 2.45) is 5.73 Å². The van der Waals surface area contributed by atoms with Gasteiger partial charge in [-0.15, -0.1) is 23.1 Å². The molecule has 2 N–H and O–H groups in total. The van der Waals surface area contributed by atoms with Gasteiger partial charge >= 0.3 is 0 Å². The quantitative estimate of drug-likeness (QED) is 0.438. The Morgan fingerprint density at radius 1 is 1.15 bits per heavy atom. The number of para-hydroxylation sites is 1. The van der Waals surface area contributed by atoms with Crippen molar-refractivity contribution in [3.05, 3.63) is 88.6 Å². The Morgan fingerprint density at radius 2 is 1.91 bits per heavy atom. The molecule has 0 aliphatic carbocycles. The molecule has 2 aromatic carbocycles. The Bertz CT molecular complexity index is 1380. The van der Waals surface area contributed by atoms with E-state index in [-0.39, 0.29) is 24.0 Å². The summed E-state index contributed by atoms with van der Waals surface area (Å²) in [6.07, 6.45) is 0. The van der Waals surface area contributed by atoms with Crippen molar-refractivity contribution < 1.29 is 14.0 Å². The van der Waals surface area contributed by atoms with Crippen LogP contribution in [0.1, 0.15) is 21.9 Å². The van der Waals surface area contributed by atoms with Gasteiger partial charge in [0.05, 0.1) is 21.6 Å². The fraction of sp³-hybridized carbons (Fsp3) is 0.160. The summed E-state index contributed by atoms with van der Waals surface area (Å²) >= 11 is 2.84. The van der Waals surface area contributed by atoms with Crippen LogP contribution in [0, 0.1) is 12.7 Å². The Morgan fingerprint density at radius 3 is 2.62 bits per heavy atom. The molecule has 2 aromatic heterocycles. The zero-order valence-electron chi connectivity index (χ0n) is 18.3. The third kappa shape index (κ3) is 3.91. The zero-order chi connectivity index (χ0) is 23.8. The van der Waals surface area contributed by atoms with Gasteiger partial charge in [-0.2, -0.15) is 5.10 Å². The summed E-state index contributed by atoms with van der Waals surface area (Å²) in [4.78, 5) is 27.6. The van der Waals surface area contributed by atoms with E-state index in [1.54, 1.807) is 22.9 Å². The molecule has 0 saturated heterocycles. The van der Waals surface area contributed by atoms with Crippen molar-refractivity contribution >= 4 is 40.7 Å². The summed E-state index contributed by atoms with van der Waals surface area (Å²) in [5.74, 6) is -0.763. The number of benzene rings is 2. The first kappa shape index (κ1) is 22.4. The molecule has 0 radical (unpaired) electrons. The number of hydrogen-bond acceptors (Lipinski definition) is 5. The third-order valence-electron chi connectivity index (χ3n) is 5.69. The minimum absolute atomic E-state index is 0.0681. The predicted octanol–water partition coefficient (Wildman–Crippen LogP) is 4.70. The number of nitrogens with zero attached hydrogens (tertiary/aromatic N) is 3. The van der Waals surface area contributed by atoms with Crippen LogP contribution in [-0.2, 0) is 9.59 Å². The molecule has 0 bridgehead atoms. The lowest BCUT2D eigenvalue weighted by Crippen LogP contribution is -2.40. The summed E-state index contributed by atoms with van der Waals surface area (Å²) in [7, 11) is 0. The van der Waals surface area contributed by atoms with Gasteiger partial charge in [-0.1, -0.05) is 42.5 Å². The highest BCUT2D eigenvalue weighted by Gasteiger charge is 2.38. The van der Waals surface area contributed by atoms with Gasteiger partial charge in [0.1, 0.15) is 23.9 Å². The number of thioether (sulfide) groups is 1. The second kappa shape index (κ2) is 9.08. The van der Waals surface area contributed by atoms with E-state index in [1.807, 2.05) is 48.7 Å². The van der Waals surface area contributed by atoms with E-state index in [2.05, 4.69) is 0 Å². The first-order chi connectivity index (χ1) is 16.5. The molecule has 0 saturated carbocycles. The minimum Gasteiger partial charge on any atom is -0.368 e. The fourth-order valence-electron chi connectivity index (χ4n) is 4.17. The Labute approximate surface area is 204 Å². The maximum absolute atomic E-state index is 15.1. The number of halogens is 1. The Balaban J connectivity index is 1.88. The molecule has 0 fully saturated rings. The average molecular weight is 493 g/mol. The van der Waals surface area contributed by atoms with Gasteiger partial charge in [0.15, 0.2) is 0 Å². The summed E-state index contributed by atoms with van der Waals surface area (Å²) < 4.78 is 16.8. The first-order valence-electron chi connectivity index (χ1n) is 10.6. The number of aromatic nitrogens is 2. The third-order valence-corrected chi connectivity index (χ3v) is 7.80. The van der Waals surface area contributed by atoms with E-state index in [0.717, 1.165) is 16.1 Å². The summed E-state index contributed by atoms with van der Waals surface area (Å²) in [6.45, 7) is 1.66. The van der Waals surface area contributed by atoms with E-state index >= 15 is 4.39 Å². The van der Waals surface area contributed by atoms with Crippen LogP contribution in [-0.4, -0.2) is 33.9 Å². The highest BCUT2D eigenvalue weighted by molar-refractivity contribution is 8.00. The molecular formula is C25H21FN4O2S2. The number of nitrogens with two attached hydrogens (primary N) is 1. The average Bonchev–Trinajstić information content (AvgIpc) is 3.44. The van der Waals surface area contributed by atoms with Crippen molar-refractivity contribution in [3.8, 4) is 16.3 Å². The molecule has 3 heterocycles. The van der Waals surface area contributed by atoms with Crippen LogP contribution in [0.4, 0.5) is 10.2 Å². The molecule has 0 spiro atoms. The first-order valence-corrected chi connectivity index (χ1v) is 12.6. The number of fused-ring (bicyclic) bond motifs is 1. The lowest BCUT2D eigenvalue weighted by molar-refractivity contribution is -0.121. The van der Waals surface area contributed by atoms with Gasteiger partial charge in [0.25, 0.3) is 0 Å². The standard InChI is InChI=1S/C25H21FN4O2S2/c1-15-7-2-5-10-18(15)30-25-22(23(28-30)19-11-6-12-33-19)24(16-8-3-4-9-17(16)26)34-14-21(32)29(25)13-20(27)31/h2-12,24H,13-14H2,1H3,(H2,27,31)/t24-/m0/s1. The fourth-order valence-corrected chi connectivity index (χ4v) is 6.12. The number of hydrogen-bond donors (Lipinski definition) is 1. The lowest BCUT2D eigenvalue weighted by atomic mass is 10.0. The molecule has 172 valence electrons. The zero-order valence-corrected chi connectivity index (χ0v) is 19.9. The monoisotopic (exact) mass is 492 g/mol. The van der Waals surface area contributed by atoms with E-state index in [1.165, 1.54) is 34.1 Å². The van der Waals surface area contributed by atoms with Crippen LogP contribution in [0.25, 0.3) is 16.3 Å². The second-order valence-corrected chi connectivity index (χ2v) is 9.96.